The Labute approximate surface area is 154 Å². The van der Waals surface area contributed by atoms with E-state index < -0.39 is 16.9 Å². The van der Waals surface area contributed by atoms with Crippen LogP contribution in [0.3, 0.4) is 0 Å². The zero-order valence-electron chi connectivity index (χ0n) is 13.5. The minimum Gasteiger partial charge on any atom is -0.339 e. The van der Waals surface area contributed by atoms with Crippen molar-refractivity contribution in [3.05, 3.63) is 105 Å². The number of hydrogen-bond acceptors (Lipinski definition) is 4. The molecule has 0 aliphatic rings. The second-order valence-corrected chi connectivity index (χ2v) is 5.90. The average molecular weight is 368 g/mol. The number of nitro groups is 1. The summed E-state index contributed by atoms with van der Waals surface area (Å²) in [6, 6.07) is 18.0. The smallest absolute Gasteiger partial charge is 0.270 e. The molecular weight excluding hydrogens is 354 g/mol. The maximum atomic E-state index is 12.8. The van der Waals surface area contributed by atoms with Crippen molar-refractivity contribution in [3.8, 4) is 0 Å². The SMILES string of the molecule is O=C(NC(c1ccccc1)c1ccccn1)c1cc([N+](=O)[O-])ccc1Cl. The van der Waals surface area contributed by atoms with Gasteiger partial charge >= 0.3 is 0 Å². The van der Waals surface area contributed by atoms with Crippen molar-refractivity contribution in [3.63, 3.8) is 0 Å². The molecule has 1 amide bonds. The van der Waals surface area contributed by atoms with Crippen LogP contribution in [-0.4, -0.2) is 15.8 Å². The van der Waals surface area contributed by atoms with Crippen molar-refractivity contribution in [2.45, 2.75) is 6.04 Å². The Morgan fingerprint density at radius 2 is 1.81 bits per heavy atom. The van der Waals surface area contributed by atoms with E-state index in [2.05, 4.69) is 10.3 Å². The maximum absolute atomic E-state index is 12.8. The van der Waals surface area contributed by atoms with E-state index in [-0.39, 0.29) is 16.3 Å². The van der Waals surface area contributed by atoms with E-state index in [1.165, 1.54) is 12.1 Å². The van der Waals surface area contributed by atoms with E-state index in [0.29, 0.717) is 5.69 Å². The molecule has 1 atom stereocenters. The van der Waals surface area contributed by atoms with Gasteiger partial charge in [-0.2, -0.15) is 0 Å². The molecule has 26 heavy (non-hydrogen) atoms. The highest BCUT2D eigenvalue weighted by Gasteiger charge is 2.22. The topological polar surface area (TPSA) is 85.1 Å². The van der Waals surface area contributed by atoms with Gasteiger partial charge in [-0.05, 0) is 23.8 Å². The van der Waals surface area contributed by atoms with Gasteiger partial charge in [0, 0.05) is 18.3 Å². The number of non-ortho nitro benzene ring substituents is 1. The van der Waals surface area contributed by atoms with Crippen LogP contribution in [0.15, 0.2) is 72.9 Å². The lowest BCUT2D eigenvalue weighted by Gasteiger charge is -2.19. The van der Waals surface area contributed by atoms with Crippen LogP contribution in [-0.2, 0) is 0 Å². The molecule has 1 heterocycles. The summed E-state index contributed by atoms with van der Waals surface area (Å²) in [5, 5.41) is 14.0. The predicted molar refractivity (Wildman–Crippen MR) is 98.1 cm³/mol. The van der Waals surface area contributed by atoms with Gasteiger partial charge < -0.3 is 5.32 Å². The van der Waals surface area contributed by atoms with Crippen LogP contribution >= 0.6 is 11.6 Å². The van der Waals surface area contributed by atoms with Crippen molar-refractivity contribution in [2.75, 3.05) is 0 Å². The molecule has 6 nitrogen and oxygen atoms in total. The maximum Gasteiger partial charge on any atom is 0.270 e. The number of benzene rings is 2. The van der Waals surface area contributed by atoms with E-state index in [1.807, 2.05) is 36.4 Å². The number of nitro benzene ring substituents is 1. The lowest BCUT2D eigenvalue weighted by molar-refractivity contribution is -0.384. The zero-order valence-corrected chi connectivity index (χ0v) is 14.3. The predicted octanol–water partition coefficient (Wildman–Crippen LogP) is 4.16. The number of hydrogen-bond donors (Lipinski definition) is 1. The molecule has 3 rings (SSSR count). The molecule has 1 aromatic heterocycles. The Balaban J connectivity index is 1.96. The summed E-state index contributed by atoms with van der Waals surface area (Å²) in [7, 11) is 0. The fraction of sp³-hybridized carbons (Fsp3) is 0.0526. The second-order valence-electron chi connectivity index (χ2n) is 5.49. The van der Waals surface area contributed by atoms with Crippen LogP contribution in [0.5, 0.6) is 0 Å². The van der Waals surface area contributed by atoms with Crippen molar-refractivity contribution >= 4 is 23.2 Å². The Bertz CT molecular complexity index is 894. The van der Waals surface area contributed by atoms with Gasteiger partial charge in [-0.15, -0.1) is 0 Å². The quantitative estimate of drug-likeness (QED) is 0.542. The first-order valence-electron chi connectivity index (χ1n) is 7.77. The molecule has 1 N–H and O–H groups in total. The minimum atomic E-state index is -0.569. The summed E-state index contributed by atoms with van der Waals surface area (Å²) in [4.78, 5) is 27.5. The van der Waals surface area contributed by atoms with Crippen molar-refractivity contribution in [1.29, 1.82) is 0 Å². The first-order chi connectivity index (χ1) is 12.6. The monoisotopic (exact) mass is 367 g/mol. The molecule has 1 unspecified atom stereocenters. The molecular formula is C19H14ClN3O3. The van der Waals surface area contributed by atoms with Crippen LogP contribution in [0.4, 0.5) is 5.69 Å². The molecule has 0 radical (unpaired) electrons. The molecule has 3 aromatic rings. The molecule has 130 valence electrons. The summed E-state index contributed by atoms with van der Waals surface area (Å²) in [5.74, 6) is -0.516. The fourth-order valence-corrected chi connectivity index (χ4v) is 2.73. The van der Waals surface area contributed by atoms with Gasteiger partial charge in [0.15, 0.2) is 0 Å². The summed E-state index contributed by atoms with van der Waals surface area (Å²) in [5.41, 5.74) is 1.32. The van der Waals surface area contributed by atoms with Gasteiger partial charge in [0.05, 0.1) is 27.2 Å². The minimum absolute atomic E-state index is 0.0396. The van der Waals surface area contributed by atoms with E-state index in [4.69, 9.17) is 11.6 Å². The highest BCUT2D eigenvalue weighted by Crippen LogP contribution is 2.25. The summed E-state index contributed by atoms with van der Waals surface area (Å²) in [6.45, 7) is 0. The molecule has 0 saturated heterocycles. The third-order valence-corrected chi connectivity index (χ3v) is 4.13. The van der Waals surface area contributed by atoms with Gasteiger partial charge in [-0.25, -0.2) is 0 Å². The van der Waals surface area contributed by atoms with Crippen LogP contribution in [0.1, 0.15) is 27.7 Å². The Morgan fingerprint density at radius 1 is 1.08 bits per heavy atom. The average Bonchev–Trinajstić information content (AvgIpc) is 2.67. The highest BCUT2D eigenvalue weighted by molar-refractivity contribution is 6.34. The highest BCUT2D eigenvalue weighted by atomic mass is 35.5. The summed E-state index contributed by atoms with van der Waals surface area (Å²) < 4.78 is 0. The molecule has 0 saturated carbocycles. The molecule has 7 heteroatoms. The van der Waals surface area contributed by atoms with Gasteiger partial charge in [0.25, 0.3) is 11.6 Å². The number of nitrogens with one attached hydrogen (secondary N) is 1. The van der Waals surface area contributed by atoms with Crippen LogP contribution in [0, 0.1) is 10.1 Å². The van der Waals surface area contributed by atoms with Gasteiger partial charge in [-0.1, -0.05) is 48.0 Å². The third kappa shape index (κ3) is 3.87. The molecule has 0 spiro atoms. The first-order valence-corrected chi connectivity index (χ1v) is 8.15. The van der Waals surface area contributed by atoms with E-state index in [9.17, 15) is 14.9 Å². The number of carbonyl (C=O) groups is 1. The molecule has 0 bridgehead atoms. The second kappa shape index (κ2) is 7.76. The van der Waals surface area contributed by atoms with Crippen molar-refractivity contribution < 1.29 is 9.72 Å². The first kappa shape index (κ1) is 17.6. The lowest BCUT2D eigenvalue weighted by Crippen LogP contribution is -2.30. The molecule has 0 aliphatic carbocycles. The van der Waals surface area contributed by atoms with Gasteiger partial charge in [0.2, 0.25) is 0 Å². The normalized spacial score (nSPS) is 11.6. The summed E-state index contributed by atoms with van der Waals surface area (Å²) in [6.07, 6.45) is 1.64. The lowest BCUT2D eigenvalue weighted by atomic mass is 10.0. The molecule has 0 aliphatic heterocycles. The van der Waals surface area contributed by atoms with E-state index in [0.717, 1.165) is 11.6 Å². The van der Waals surface area contributed by atoms with Crippen molar-refractivity contribution in [1.82, 2.24) is 10.3 Å². The van der Waals surface area contributed by atoms with Crippen molar-refractivity contribution in [2.24, 2.45) is 0 Å². The molecule has 2 aromatic carbocycles. The third-order valence-electron chi connectivity index (χ3n) is 3.80. The Morgan fingerprint density at radius 3 is 2.46 bits per heavy atom. The van der Waals surface area contributed by atoms with Crippen LogP contribution in [0.2, 0.25) is 5.02 Å². The molecule has 0 fully saturated rings. The fourth-order valence-electron chi connectivity index (χ4n) is 2.53. The van der Waals surface area contributed by atoms with Gasteiger partial charge in [-0.3, -0.25) is 19.9 Å². The van der Waals surface area contributed by atoms with Crippen LogP contribution < -0.4 is 5.32 Å². The number of amides is 1. The van der Waals surface area contributed by atoms with E-state index >= 15 is 0 Å². The zero-order chi connectivity index (χ0) is 18.5. The largest absolute Gasteiger partial charge is 0.339 e. The number of pyridine rings is 1. The number of nitrogens with zero attached hydrogens (tertiary/aromatic N) is 2. The standard InChI is InChI=1S/C19H14ClN3O3/c20-16-10-9-14(23(25)26)12-15(16)19(24)22-18(13-6-2-1-3-7-13)17-8-4-5-11-21-17/h1-12,18H,(H,22,24). The summed E-state index contributed by atoms with van der Waals surface area (Å²) >= 11 is 6.07. The van der Waals surface area contributed by atoms with Crippen LogP contribution in [0.25, 0.3) is 0 Å². The number of rotatable bonds is 5. The van der Waals surface area contributed by atoms with Gasteiger partial charge in [0.1, 0.15) is 0 Å². The van der Waals surface area contributed by atoms with E-state index in [1.54, 1.807) is 18.3 Å². The Hall–Kier alpha value is -3.25. The number of carbonyl (C=O) groups excluding carboxylic acids is 1. The number of halogens is 1. The Kier molecular flexibility index (Phi) is 5.24. The number of aromatic nitrogens is 1.